The van der Waals surface area contributed by atoms with Crippen LogP contribution in [0.5, 0.6) is 0 Å². The first-order chi connectivity index (χ1) is 15.8. The summed E-state index contributed by atoms with van der Waals surface area (Å²) in [5, 5.41) is 17.7. The summed E-state index contributed by atoms with van der Waals surface area (Å²) in [6.45, 7) is 0. The van der Waals surface area contributed by atoms with Crippen molar-refractivity contribution < 1.29 is 18.1 Å². The molecule has 1 amide bonds. The summed E-state index contributed by atoms with van der Waals surface area (Å²) >= 11 is 0. The number of hydrogen-bond donors (Lipinski definition) is 2. The van der Waals surface area contributed by atoms with E-state index in [1.54, 1.807) is 41.1 Å². The number of nitrogens with one attached hydrogen (secondary N) is 2. The third-order valence-corrected chi connectivity index (χ3v) is 5.93. The van der Waals surface area contributed by atoms with Crippen LogP contribution in [0.2, 0.25) is 0 Å². The molecule has 4 aromatic rings. The quantitative estimate of drug-likeness (QED) is 0.315. The molecule has 0 bridgehead atoms. The number of carbonyl (C=O) groups excluding carboxylic acids is 1. The van der Waals surface area contributed by atoms with Gasteiger partial charge in [0.15, 0.2) is 0 Å². The summed E-state index contributed by atoms with van der Waals surface area (Å²) in [6.07, 6.45) is 2.94. The lowest BCUT2D eigenvalue weighted by Crippen LogP contribution is -2.18. The summed E-state index contributed by atoms with van der Waals surface area (Å²) in [7, 11) is -4.18. The van der Waals surface area contributed by atoms with E-state index >= 15 is 0 Å². The van der Waals surface area contributed by atoms with Crippen LogP contribution >= 0.6 is 0 Å². The minimum absolute atomic E-state index is 0.0285. The van der Waals surface area contributed by atoms with Crippen LogP contribution in [0.15, 0.2) is 90.3 Å². The van der Waals surface area contributed by atoms with Gasteiger partial charge in [-0.2, -0.15) is 5.10 Å². The lowest BCUT2D eigenvalue weighted by atomic mass is 10.1. The van der Waals surface area contributed by atoms with Crippen LogP contribution in [0, 0.1) is 10.1 Å². The Labute approximate surface area is 187 Å². The number of aromatic nitrogens is 3. The van der Waals surface area contributed by atoms with Crippen LogP contribution in [-0.2, 0) is 10.0 Å². The van der Waals surface area contributed by atoms with Gasteiger partial charge < -0.3 is 5.32 Å². The molecule has 0 radical (unpaired) electrons. The molecule has 0 aliphatic carbocycles. The Bertz CT molecular complexity index is 1420. The second kappa shape index (κ2) is 8.88. The molecule has 4 rings (SSSR count). The highest BCUT2D eigenvalue weighted by molar-refractivity contribution is 7.92. The van der Waals surface area contributed by atoms with Crippen LogP contribution in [0.25, 0.3) is 5.69 Å². The van der Waals surface area contributed by atoms with Gasteiger partial charge in [-0.15, -0.1) is 0 Å². The summed E-state index contributed by atoms with van der Waals surface area (Å²) < 4.78 is 29.5. The van der Waals surface area contributed by atoms with Crippen molar-refractivity contribution in [2.45, 2.75) is 4.90 Å². The van der Waals surface area contributed by atoms with E-state index < -0.39 is 20.9 Å². The molecule has 0 fully saturated rings. The number of sulfonamides is 1. The van der Waals surface area contributed by atoms with Crippen LogP contribution in [-0.4, -0.2) is 34.0 Å². The van der Waals surface area contributed by atoms with Crippen molar-refractivity contribution in [2.24, 2.45) is 0 Å². The summed E-state index contributed by atoms with van der Waals surface area (Å²) in [5.41, 5.74) is 0.974. The van der Waals surface area contributed by atoms with Crippen molar-refractivity contribution in [3.63, 3.8) is 0 Å². The molecular weight excluding hydrogens is 448 g/mol. The van der Waals surface area contributed by atoms with Gasteiger partial charge in [0.1, 0.15) is 12.7 Å². The fourth-order valence-electron chi connectivity index (χ4n) is 2.98. The van der Waals surface area contributed by atoms with Crippen LogP contribution < -0.4 is 10.0 Å². The summed E-state index contributed by atoms with van der Waals surface area (Å²) in [4.78, 5) is 26.7. The first-order valence-corrected chi connectivity index (χ1v) is 10.9. The smallest absolute Gasteiger partial charge is 0.270 e. The lowest BCUT2D eigenvalue weighted by molar-refractivity contribution is -0.385. The van der Waals surface area contributed by atoms with Gasteiger partial charge >= 0.3 is 0 Å². The SMILES string of the molecule is O=C(Nc1ccc(-n2cncn2)cc1)c1ccccc1NS(=O)(=O)c1cccc([N+](=O)[O-])c1. The van der Waals surface area contributed by atoms with E-state index in [0.717, 1.165) is 11.8 Å². The van der Waals surface area contributed by atoms with Gasteiger partial charge in [0.25, 0.3) is 21.6 Å². The Hall–Kier alpha value is -4.58. The zero-order valence-corrected chi connectivity index (χ0v) is 17.6. The minimum Gasteiger partial charge on any atom is -0.322 e. The Kier molecular flexibility index (Phi) is 5.83. The van der Waals surface area contributed by atoms with E-state index in [2.05, 4.69) is 20.1 Å². The van der Waals surface area contributed by atoms with E-state index in [0.29, 0.717) is 5.69 Å². The molecule has 166 valence electrons. The average Bonchev–Trinajstić information content (AvgIpc) is 3.35. The van der Waals surface area contributed by atoms with Crippen LogP contribution in [0.3, 0.4) is 0 Å². The maximum atomic E-state index is 12.9. The van der Waals surface area contributed by atoms with Gasteiger partial charge in [-0.3, -0.25) is 19.6 Å². The zero-order valence-electron chi connectivity index (χ0n) is 16.8. The largest absolute Gasteiger partial charge is 0.322 e. The molecule has 0 unspecified atom stereocenters. The summed E-state index contributed by atoms with van der Waals surface area (Å²) in [5.74, 6) is -0.541. The molecule has 33 heavy (non-hydrogen) atoms. The highest BCUT2D eigenvalue weighted by Crippen LogP contribution is 2.24. The molecular formula is C21H16N6O5S. The number of nitro benzene ring substituents is 1. The second-order valence-corrected chi connectivity index (χ2v) is 8.43. The van der Waals surface area contributed by atoms with E-state index in [-0.39, 0.29) is 21.8 Å². The van der Waals surface area contributed by atoms with Gasteiger partial charge in [0.2, 0.25) is 0 Å². The Balaban J connectivity index is 1.55. The average molecular weight is 464 g/mol. The molecule has 0 saturated carbocycles. The van der Waals surface area contributed by atoms with Gasteiger partial charge in [-0.05, 0) is 42.5 Å². The fraction of sp³-hybridized carbons (Fsp3) is 0. The number of carbonyl (C=O) groups is 1. The molecule has 1 heterocycles. The molecule has 2 N–H and O–H groups in total. The van der Waals surface area contributed by atoms with Crippen LogP contribution in [0.1, 0.15) is 10.4 Å². The molecule has 1 aromatic heterocycles. The third-order valence-electron chi connectivity index (χ3n) is 4.56. The van der Waals surface area contributed by atoms with Crippen molar-refractivity contribution in [1.82, 2.24) is 14.8 Å². The molecule has 0 aliphatic heterocycles. The van der Waals surface area contributed by atoms with Crippen molar-refractivity contribution in [3.8, 4) is 5.69 Å². The highest BCUT2D eigenvalue weighted by Gasteiger charge is 2.21. The maximum absolute atomic E-state index is 12.9. The van der Waals surface area contributed by atoms with E-state index in [9.17, 15) is 23.3 Å². The van der Waals surface area contributed by atoms with E-state index in [1.807, 2.05) is 0 Å². The number of nitrogens with zero attached hydrogens (tertiary/aromatic N) is 4. The second-order valence-electron chi connectivity index (χ2n) is 6.75. The van der Waals surface area contributed by atoms with Gasteiger partial charge in [0, 0.05) is 17.8 Å². The Morgan fingerprint density at radius 3 is 2.45 bits per heavy atom. The minimum atomic E-state index is -4.18. The van der Waals surface area contributed by atoms with E-state index in [1.165, 1.54) is 43.0 Å². The Morgan fingerprint density at radius 2 is 1.76 bits per heavy atom. The molecule has 0 atom stereocenters. The first kappa shape index (κ1) is 21.6. The molecule has 12 heteroatoms. The first-order valence-electron chi connectivity index (χ1n) is 9.46. The Morgan fingerprint density at radius 1 is 1.00 bits per heavy atom. The van der Waals surface area contributed by atoms with Crippen molar-refractivity contribution in [3.05, 3.63) is 101 Å². The number of benzene rings is 3. The zero-order chi connectivity index (χ0) is 23.4. The molecule has 0 spiro atoms. The molecule has 0 aliphatic rings. The van der Waals surface area contributed by atoms with Crippen molar-refractivity contribution in [1.29, 1.82) is 0 Å². The van der Waals surface area contributed by atoms with Gasteiger partial charge in [-0.1, -0.05) is 18.2 Å². The predicted molar refractivity (Wildman–Crippen MR) is 120 cm³/mol. The van der Waals surface area contributed by atoms with Gasteiger partial charge in [-0.25, -0.2) is 18.1 Å². The van der Waals surface area contributed by atoms with Crippen molar-refractivity contribution >= 4 is 33.0 Å². The van der Waals surface area contributed by atoms with Crippen molar-refractivity contribution in [2.75, 3.05) is 10.0 Å². The lowest BCUT2D eigenvalue weighted by Gasteiger charge is -2.13. The predicted octanol–water partition coefficient (Wildman–Crippen LogP) is 3.23. The van der Waals surface area contributed by atoms with Crippen LogP contribution in [0.4, 0.5) is 17.1 Å². The fourth-order valence-corrected chi connectivity index (χ4v) is 4.09. The number of para-hydroxylation sites is 1. The maximum Gasteiger partial charge on any atom is 0.270 e. The number of non-ortho nitro benzene ring substituents is 1. The number of hydrogen-bond acceptors (Lipinski definition) is 7. The monoisotopic (exact) mass is 464 g/mol. The third kappa shape index (κ3) is 4.85. The number of nitro groups is 1. The molecule has 11 nitrogen and oxygen atoms in total. The van der Waals surface area contributed by atoms with E-state index in [4.69, 9.17) is 0 Å². The normalized spacial score (nSPS) is 11.0. The number of rotatable bonds is 7. The standard InChI is InChI=1S/C21H16N6O5S/c28-21(24-15-8-10-16(11-9-15)26-14-22-13-23-26)19-6-1-2-7-20(19)25-33(31,32)18-5-3-4-17(12-18)27(29)30/h1-14,25H,(H,24,28). The number of amides is 1. The molecule has 0 saturated heterocycles. The molecule has 3 aromatic carbocycles. The highest BCUT2D eigenvalue weighted by atomic mass is 32.2. The number of anilines is 2. The topological polar surface area (TPSA) is 149 Å². The van der Waals surface area contributed by atoms with Gasteiger partial charge in [0.05, 0.1) is 26.8 Å². The summed E-state index contributed by atoms with van der Waals surface area (Å²) in [6, 6.07) is 17.5.